The molecule has 0 spiro atoms. The van der Waals surface area contributed by atoms with Crippen LogP contribution in [0.1, 0.15) is 18.4 Å². The van der Waals surface area contributed by atoms with Crippen LogP contribution in [0.2, 0.25) is 0 Å². The van der Waals surface area contributed by atoms with Gasteiger partial charge in [-0.2, -0.15) is 0 Å². The lowest BCUT2D eigenvalue weighted by Gasteiger charge is -2.17. The second-order valence-electron chi connectivity index (χ2n) is 4.68. The molecule has 0 amide bonds. The van der Waals surface area contributed by atoms with Crippen LogP contribution in [-0.4, -0.2) is 18.1 Å². The highest BCUT2D eigenvalue weighted by molar-refractivity contribution is 9.10. The molecule has 0 atom stereocenters. The average Bonchev–Trinajstić information content (AvgIpc) is 2.82. The van der Waals surface area contributed by atoms with Gasteiger partial charge in [0, 0.05) is 22.9 Å². The van der Waals surface area contributed by atoms with E-state index in [4.69, 9.17) is 4.98 Å². The van der Waals surface area contributed by atoms with Crippen molar-refractivity contribution in [2.24, 2.45) is 0 Å². The maximum absolute atomic E-state index is 4.78. The zero-order chi connectivity index (χ0) is 11.8. The molecule has 2 nitrogen and oxygen atoms in total. The van der Waals surface area contributed by atoms with E-state index in [0.29, 0.717) is 0 Å². The number of halogens is 1. The summed E-state index contributed by atoms with van der Waals surface area (Å²) in [5, 5.41) is 1.21. The summed E-state index contributed by atoms with van der Waals surface area (Å²) < 4.78 is 1.09. The molecule has 0 radical (unpaired) electrons. The maximum Gasteiger partial charge on any atom is 0.129 e. The molecule has 1 aliphatic rings. The van der Waals surface area contributed by atoms with E-state index in [0.717, 1.165) is 28.9 Å². The molecule has 1 aliphatic heterocycles. The highest BCUT2D eigenvalue weighted by Crippen LogP contribution is 2.27. The van der Waals surface area contributed by atoms with Crippen LogP contribution < -0.4 is 4.90 Å². The van der Waals surface area contributed by atoms with Crippen LogP contribution >= 0.6 is 15.9 Å². The minimum atomic E-state index is 1.07. The zero-order valence-electron chi connectivity index (χ0n) is 9.91. The fourth-order valence-electron chi connectivity index (χ4n) is 2.44. The molecule has 2 aromatic rings. The quantitative estimate of drug-likeness (QED) is 0.792. The lowest BCUT2D eigenvalue weighted by molar-refractivity contribution is 0.944. The first-order chi connectivity index (χ1) is 8.24. The van der Waals surface area contributed by atoms with Crippen LogP contribution in [0.4, 0.5) is 5.82 Å². The van der Waals surface area contributed by atoms with Gasteiger partial charge in [0.05, 0.1) is 5.52 Å². The highest BCUT2D eigenvalue weighted by atomic mass is 79.9. The third-order valence-corrected chi connectivity index (χ3v) is 3.91. The topological polar surface area (TPSA) is 16.1 Å². The van der Waals surface area contributed by atoms with E-state index in [2.05, 4.69) is 52.0 Å². The van der Waals surface area contributed by atoms with Crippen LogP contribution in [0.5, 0.6) is 0 Å². The molecule has 0 aliphatic carbocycles. The van der Waals surface area contributed by atoms with Crippen LogP contribution in [0, 0.1) is 6.92 Å². The Kier molecular flexibility index (Phi) is 2.79. The lowest BCUT2D eigenvalue weighted by atomic mass is 10.1. The van der Waals surface area contributed by atoms with Gasteiger partial charge in [-0.05, 0) is 65.5 Å². The van der Waals surface area contributed by atoms with E-state index < -0.39 is 0 Å². The Morgan fingerprint density at radius 3 is 2.71 bits per heavy atom. The normalized spacial score (nSPS) is 15.8. The molecule has 2 heterocycles. The SMILES string of the molecule is Cc1cc(Br)c2nc(N3CCCC3)ccc2c1. The van der Waals surface area contributed by atoms with Crippen LogP contribution in [-0.2, 0) is 0 Å². The van der Waals surface area contributed by atoms with Crippen molar-refractivity contribution in [2.45, 2.75) is 19.8 Å². The number of pyridine rings is 1. The Bertz CT molecular complexity index is 559. The summed E-state index contributed by atoms with van der Waals surface area (Å²) in [5.41, 5.74) is 2.33. The third-order valence-electron chi connectivity index (χ3n) is 3.31. The summed E-state index contributed by atoms with van der Waals surface area (Å²) >= 11 is 3.61. The minimum Gasteiger partial charge on any atom is -0.357 e. The third kappa shape index (κ3) is 2.04. The highest BCUT2D eigenvalue weighted by Gasteiger charge is 2.14. The fourth-order valence-corrected chi connectivity index (χ4v) is 3.12. The molecule has 0 saturated carbocycles. The first-order valence-corrected chi connectivity index (χ1v) is 6.85. The Balaban J connectivity index is 2.11. The maximum atomic E-state index is 4.78. The summed E-state index contributed by atoms with van der Waals surface area (Å²) in [7, 11) is 0. The first-order valence-electron chi connectivity index (χ1n) is 6.06. The predicted octanol–water partition coefficient (Wildman–Crippen LogP) is 3.91. The molecular weight excluding hydrogens is 276 g/mol. The molecule has 0 bridgehead atoms. The summed E-state index contributed by atoms with van der Waals surface area (Å²) in [6, 6.07) is 8.62. The first kappa shape index (κ1) is 11.0. The minimum absolute atomic E-state index is 1.07. The zero-order valence-corrected chi connectivity index (χ0v) is 11.5. The van der Waals surface area contributed by atoms with Crippen molar-refractivity contribution in [1.29, 1.82) is 0 Å². The average molecular weight is 291 g/mol. The van der Waals surface area contributed by atoms with E-state index in [9.17, 15) is 0 Å². The second-order valence-corrected chi connectivity index (χ2v) is 5.54. The largest absolute Gasteiger partial charge is 0.357 e. The smallest absolute Gasteiger partial charge is 0.129 e. The van der Waals surface area contributed by atoms with E-state index in [-0.39, 0.29) is 0 Å². The van der Waals surface area contributed by atoms with Crippen molar-refractivity contribution in [3.63, 3.8) is 0 Å². The summed E-state index contributed by atoms with van der Waals surface area (Å²) in [6.45, 7) is 4.39. The molecule has 1 fully saturated rings. The van der Waals surface area contributed by atoms with Gasteiger partial charge in [0.15, 0.2) is 0 Å². The van der Waals surface area contributed by atoms with E-state index in [1.165, 1.54) is 23.8 Å². The number of nitrogens with zero attached hydrogens (tertiary/aromatic N) is 2. The van der Waals surface area contributed by atoms with E-state index in [1.54, 1.807) is 0 Å². The molecule has 1 aromatic heterocycles. The lowest BCUT2D eigenvalue weighted by Crippen LogP contribution is -2.18. The van der Waals surface area contributed by atoms with Crippen molar-refractivity contribution < 1.29 is 0 Å². The van der Waals surface area contributed by atoms with Gasteiger partial charge in [0.1, 0.15) is 5.82 Å². The van der Waals surface area contributed by atoms with Crippen molar-refractivity contribution in [1.82, 2.24) is 4.98 Å². The Morgan fingerprint density at radius 2 is 1.94 bits per heavy atom. The molecule has 17 heavy (non-hydrogen) atoms. The van der Waals surface area contributed by atoms with Gasteiger partial charge in [0.2, 0.25) is 0 Å². The molecule has 1 saturated heterocycles. The van der Waals surface area contributed by atoms with Gasteiger partial charge in [-0.25, -0.2) is 4.98 Å². The summed E-state index contributed by atoms with van der Waals surface area (Å²) in [5.74, 6) is 1.11. The molecule has 1 aromatic carbocycles. The molecule has 0 N–H and O–H groups in total. The number of rotatable bonds is 1. The standard InChI is InChI=1S/C14H15BrN2/c1-10-8-11-4-5-13(17-6-2-3-7-17)16-14(11)12(15)9-10/h4-5,8-9H,2-3,6-7H2,1H3. The fraction of sp³-hybridized carbons (Fsp3) is 0.357. The van der Waals surface area contributed by atoms with Gasteiger partial charge >= 0.3 is 0 Å². The molecule has 0 unspecified atom stereocenters. The number of hydrogen-bond acceptors (Lipinski definition) is 2. The number of benzene rings is 1. The van der Waals surface area contributed by atoms with Crippen LogP contribution in [0.25, 0.3) is 10.9 Å². The van der Waals surface area contributed by atoms with Crippen molar-refractivity contribution >= 4 is 32.7 Å². The van der Waals surface area contributed by atoms with Crippen molar-refractivity contribution in [3.8, 4) is 0 Å². The molecule has 3 rings (SSSR count). The number of aryl methyl sites for hydroxylation is 1. The Hall–Kier alpha value is -1.09. The summed E-state index contributed by atoms with van der Waals surface area (Å²) in [6.07, 6.45) is 2.57. The Morgan fingerprint density at radius 1 is 1.18 bits per heavy atom. The van der Waals surface area contributed by atoms with Gasteiger partial charge in [-0.15, -0.1) is 0 Å². The summed E-state index contributed by atoms with van der Waals surface area (Å²) in [4.78, 5) is 7.14. The molecular formula is C14H15BrN2. The van der Waals surface area contributed by atoms with Crippen LogP contribution in [0.3, 0.4) is 0 Å². The number of aromatic nitrogens is 1. The van der Waals surface area contributed by atoms with Crippen molar-refractivity contribution in [2.75, 3.05) is 18.0 Å². The van der Waals surface area contributed by atoms with E-state index >= 15 is 0 Å². The van der Waals surface area contributed by atoms with Crippen LogP contribution in [0.15, 0.2) is 28.7 Å². The number of hydrogen-bond donors (Lipinski definition) is 0. The monoisotopic (exact) mass is 290 g/mol. The number of fused-ring (bicyclic) bond motifs is 1. The predicted molar refractivity (Wildman–Crippen MR) is 75.6 cm³/mol. The van der Waals surface area contributed by atoms with Gasteiger partial charge in [0.25, 0.3) is 0 Å². The van der Waals surface area contributed by atoms with Gasteiger partial charge in [-0.1, -0.05) is 0 Å². The molecule has 88 valence electrons. The number of anilines is 1. The van der Waals surface area contributed by atoms with Crippen molar-refractivity contribution in [3.05, 3.63) is 34.3 Å². The van der Waals surface area contributed by atoms with Gasteiger partial charge in [-0.3, -0.25) is 0 Å². The molecule has 3 heteroatoms. The Labute approximate surface area is 110 Å². The van der Waals surface area contributed by atoms with E-state index in [1.807, 2.05) is 0 Å². The van der Waals surface area contributed by atoms with Gasteiger partial charge < -0.3 is 4.90 Å². The second kappa shape index (κ2) is 4.30.